The number of hydrogen-bond donors (Lipinski definition) is 1. The van der Waals surface area contributed by atoms with Crippen molar-refractivity contribution in [2.45, 2.75) is 32.1 Å². The van der Waals surface area contributed by atoms with Crippen LogP contribution in [0.2, 0.25) is 0 Å². The third-order valence-corrected chi connectivity index (χ3v) is 4.88. The van der Waals surface area contributed by atoms with Crippen LogP contribution >= 0.6 is 0 Å². The first kappa shape index (κ1) is 16.3. The number of carboxylic acids is 1. The normalized spacial score (nSPS) is 19.9. The fourth-order valence-electron chi connectivity index (χ4n) is 3.49. The molecule has 3 rings (SSSR count). The molecule has 1 aliphatic carbocycles. The summed E-state index contributed by atoms with van der Waals surface area (Å²) in [6.45, 7) is 0. The zero-order valence-electron chi connectivity index (χ0n) is 13.4. The van der Waals surface area contributed by atoms with Crippen LogP contribution in [0.3, 0.4) is 0 Å². The van der Waals surface area contributed by atoms with Crippen LogP contribution in [0.4, 0.5) is 4.79 Å². The summed E-state index contributed by atoms with van der Waals surface area (Å²) in [6.07, 6.45) is 10.6. The van der Waals surface area contributed by atoms with E-state index in [1.807, 2.05) is 6.07 Å². The SMILES string of the molecule is O=C(Oc1ccccc1)N1C=CC(C2(C(=O)O)CCCCC2)C=C1. The number of ether oxygens (including phenoxy) is 1. The van der Waals surface area contributed by atoms with Crippen LogP contribution in [0.25, 0.3) is 0 Å². The van der Waals surface area contributed by atoms with E-state index >= 15 is 0 Å². The summed E-state index contributed by atoms with van der Waals surface area (Å²) < 4.78 is 5.28. The number of carboxylic acid groups (broad SMARTS) is 1. The Hall–Kier alpha value is -2.56. The molecule has 1 aliphatic heterocycles. The molecule has 1 aromatic carbocycles. The van der Waals surface area contributed by atoms with Gasteiger partial charge >= 0.3 is 12.1 Å². The molecular weight excluding hydrogens is 306 g/mol. The number of hydrogen-bond acceptors (Lipinski definition) is 3. The number of aliphatic carboxylic acids is 1. The summed E-state index contributed by atoms with van der Waals surface area (Å²) in [5.74, 6) is -0.474. The first-order valence-corrected chi connectivity index (χ1v) is 8.27. The second-order valence-electron chi connectivity index (χ2n) is 6.32. The van der Waals surface area contributed by atoms with Crippen molar-refractivity contribution in [3.8, 4) is 5.75 Å². The van der Waals surface area contributed by atoms with Crippen LogP contribution in [0.15, 0.2) is 54.9 Å². The largest absolute Gasteiger partial charge is 0.481 e. The molecule has 0 spiro atoms. The minimum atomic E-state index is -0.749. The molecule has 0 radical (unpaired) electrons. The minimum Gasteiger partial charge on any atom is -0.481 e. The molecule has 126 valence electrons. The predicted molar refractivity (Wildman–Crippen MR) is 89.2 cm³/mol. The van der Waals surface area contributed by atoms with Crippen molar-refractivity contribution < 1.29 is 19.4 Å². The summed E-state index contributed by atoms with van der Waals surface area (Å²) in [5.41, 5.74) is -0.749. The second-order valence-corrected chi connectivity index (χ2v) is 6.32. The molecule has 24 heavy (non-hydrogen) atoms. The Morgan fingerprint density at radius 3 is 2.25 bits per heavy atom. The van der Waals surface area contributed by atoms with Crippen molar-refractivity contribution in [3.63, 3.8) is 0 Å². The van der Waals surface area contributed by atoms with E-state index in [1.54, 1.807) is 48.8 Å². The van der Waals surface area contributed by atoms with Gasteiger partial charge in [0.1, 0.15) is 5.75 Å². The zero-order valence-corrected chi connectivity index (χ0v) is 13.4. The first-order chi connectivity index (χ1) is 11.6. The smallest absolute Gasteiger partial charge is 0.423 e. The molecule has 0 aromatic heterocycles. The van der Waals surface area contributed by atoms with E-state index in [9.17, 15) is 14.7 Å². The summed E-state index contributed by atoms with van der Waals surface area (Å²) in [5, 5.41) is 9.74. The van der Waals surface area contributed by atoms with Gasteiger partial charge in [-0.25, -0.2) is 4.79 Å². The van der Waals surface area contributed by atoms with E-state index in [1.165, 1.54) is 4.90 Å². The lowest BCUT2D eigenvalue weighted by Gasteiger charge is -2.38. The average Bonchev–Trinajstić information content (AvgIpc) is 2.63. The Balaban J connectivity index is 1.68. The van der Waals surface area contributed by atoms with E-state index in [0.29, 0.717) is 18.6 Å². The van der Waals surface area contributed by atoms with Crippen LogP contribution in [-0.4, -0.2) is 22.1 Å². The van der Waals surface area contributed by atoms with Crippen molar-refractivity contribution in [2.24, 2.45) is 11.3 Å². The maximum atomic E-state index is 12.1. The fourth-order valence-corrected chi connectivity index (χ4v) is 3.49. The highest BCUT2D eigenvalue weighted by atomic mass is 16.6. The second kappa shape index (κ2) is 6.91. The highest BCUT2D eigenvalue weighted by Gasteiger charge is 2.45. The molecule has 0 bridgehead atoms. The van der Waals surface area contributed by atoms with Gasteiger partial charge in [-0.1, -0.05) is 49.6 Å². The van der Waals surface area contributed by atoms with E-state index < -0.39 is 17.5 Å². The number of carbonyl (C=O) groups excluding carboxylic acids is 1. The van der Waals surface area contributed by atoms with Gasteiger partial charge in [-0.2, -0.15) is 0 Å². The number of amides is 1. The quantitative estimate of drug-likeness (QED) is 0.904. The van der Waals surface area contributed by atoms with Gasteiger partial charge in [0, 0.05) is 18.3 Å². The first-order valence-electron chi connectivity index (χ1n) is 8.27. The number of benzene rings is 1. The van der Waals surface area contributed by atoms with Gasteiger partial charge in [-0.05, 0) is 25.0 Å². The molecule has 0 atom stereocenters. The Kier molecular flexibility index (Phi) is 4.69. The Morgan fingerprint density at radius 2 is 1.67 bits per heavy atom. The number of para-hydroxylation sites is 1. The summed E-state index contributed by atoms with van der Waals surface area (Å²) in [4.78, 5) is 25.3. The molecule has 2 aliphatic rings. The lowest BCUT2D eigenvalue weighted by molar-refractivity contribution is -0.153. The number of rotatable bonds is 3. The lowest BCUT2D eigenvalue weighted by atomic mass is 9.65. The minimum absolute atomic E-state index is 0.198. The van der Waals surface area contributed by atoms with Crippen LogP contribution in [0, 0.1) is 11.3 Å². The number of nitrogens with zero attached hydrogens (tertiary/aromatic N) is 1. The molecule has 5 heteroatoms. The Morgan fingerprint density at radius 1 is 1.04 bits per heavy atom. The number of allylic oxidation sites excluding steroid dienone is 2. The standard InChI is InChI=1S/C19H21NO4/c21-17(22)19(11-5-2-6-12-19)15-9-13-20(14-10-15)18(23)24-16-7-3-1-4-8-16/h1,3-4,7-10,13-15H,2,5-6,11-12H2,(H,21,22). The summed E-state index contributed by atoms with van der Waals surface area (Å²) >= 11 is 0. The zero-order chi connectivity index (χ0) is 17.0. The third-order valence-electron chi connectivity index (χ3n) is 4.88. The topological polar surface area (TPSA) is 66.8 Å². The Labute approximate surface area is 141 Å². The van der Waals surface area contributed by atoms with Crippen molar-refractivity contribution in [1.29, 1.82) is 0 Å². The molecule has 1 saturated carbocycles. The van der Waals surface area contributed by atoms with E-state index in [2.05, 4.69) is 0 Å². The van der Waals surface area contributed by atoms with Crippen LogP contribution in [0.5, 0.6) is 5.75 Å². The Bertz CT molecular complexity index is 645. The molecule has 1 amide bonds. The van der Waals surface area contributed by atoms with E-state index in [4.69, 9.17) is 4.74 Å². The summed E-state index contributed by atoms with van der Waals surface area (Å²) in [7, 11) is 0. The van der Waals surface area contributed by atoms with Gasteiger partial charge in [0.2, 0.25) is 0 Å². The maximum Gasteiger partial charge on any atom is 0.423 e. The summed E-state index contributed by atoms with van der Waals surface area (Å²) in [6, 6.07) is 8.84. The van der Waals surface area contributed by atoms with Gasteiger partial charge < -0.3 is 9.84 Å². The molecule has 1 heterocycles. The molecule has 1 aromatic rings. The maximum absolute atomic E-state index is 12.1. The number of carbonyl (C=O) groups is 2. The third kappa shape index (κ3) is 3.20. The van der Waals surface area contributed by atoms with Gasteiger partial charge in [-0.15, -0.1) is 0 Å². The molecular formula is C19H21NO4. The average molecular weight is 327 g/mol. The predicted octanol–water partition coefficient (Wildman–Crippen LogP) is 4.18. The van der Waals surface area contributed by atoms with Gasteiger partial charge in [0.15, 0.2) is 0 Å². The molecule has 0 saturated heterocycles. The van der Waals surface area contributed by atoms with E-state index in [0.717, 1.165) is 19.3 Å². The molecule has 0 unspecified atom stereocenters. The van der Waals surface area contributed by atoms with Crippen molar-refractivity contribution in [1.82, 2.24) is 4.90 Å². The molecule has 5 nitrogen and oxygen atoms in total. The lowest BCUT2D eigenvalue weighted by Crippen LogP contribution is -2.40. The van der Waals surface area contributed by atoms with Crippen molar-refractivity contribution >= 4 is 12.1 Å². The molecule has 1 N–H and O–H groups in total. The van der Waals surface area contributed by atoms with E-state index in [-0.39, 0.29) is 5.92 Å². The highest BCUT2D eigenvalue weighted by molar-refractivity contribution is 5.77. The van der Waals surface area contributed by atoms with Crippen LogP contribution in [0.1, 0.15) is 32.1 Å². The van der Waals surface area contributed by atoms with Gasteiger partial charge in [0.25, 0.3) is 0 Å². The fraction of sp³-hybridized carbons (Fsp3) is 0.368. The highest BCUT2D eigenvalue weighted by Crippen LogP contribution is 2.45. The van der Waals surface area contributed by atoms with Gasteiger partial charge in [-0.3, -0.25) is 9.69 Å². The molecule has 1 fully saturated rings. The van der Waals surface area contributed by atoms with Crippen LogP contribution < -0.4 is 4.74 Å². The van der Waals surface area contributed by atoms with Gasteiger partial charge in [0.05, 0.1) is 5.41 Å². The van der Waals surface area contributed by atoms with Crippen molar-refractivity contribution in [3.05, 3.63) is 54.9 Å². The monoisotopic (exact) mass is 327 g/mol. The van der Waals surface area contributed by atoms with Crippen molar-refractivity contribution in [2.75, 3.05) is 0 Å². The van der Waals surface area contributed by atoms with Crippen LogP contribution in [-0.2, 0) is 4.79 Å².